The summed E-state index contributed by atoms with van der Waals surface area (Å²) in [6, 6.07) is 22.2. The monoisotopic (exact) mass is 448 g/mol. The molecule has 172 valence electrons. The third-order valence-corrected chi connectivity index (χ3v) is 5.27. The van der Waals surface area contributed by atoms with Gasteiger partial charge >= 0.3 is 0 Å². The van der Waals surface area contributed by atoms with Crippen molar-refractivity contribution in [1.29, 1.82) is 0 Å². The Balaban J connectivity index is 1.87. The summed E-state index contributed by atoms with van der Waals surface area (Å²) in [6.07, 6.45) is 0.351. The summed E-state index contributed by atoms with van der Waals surface area (Å²) in [5, 5.41) is 2.84. The number of likely N-dealkylation sites (N-methyl/N-ethyl adjacent to an activating group) is 1. The van der Waals surface area contributed by atoms with E-state index in [0.717, 1.165) is 16.7 Å². The number of nitrogens with zero attached hydrogens (tertiary/aromatic N) is 1. The number of hydrogen-bond donors (Lipinski definition) is 1. The zero-order valence-electron chi connectivity index (χ0n) is 19.0. The van der Waals surface area contributed by atoms with Gasteiger partial charge in [-0.2, -0.15) is 0 Å². The molecule has 0 heterocycles. The summed E-state index contributed by atoms with van der Waals surface area (Å²) in [5.74, 6) is -0.351. The van der Waals surface area contributed by atoms with Gasteiger partial charge in [-0.15, -0.1) is 0 Å². The second kappa shape index (κ2) is 11.8. The van der Waals surface area contributed by atoms with Crippen LogP contribution >= 0.6 is 0 Å². The number of amides is 2. The maximum atomic E-state index is 13.4. The Bertz CT molecular complexity index is 1040. The van der Waals surface area contributed by atoms with Crippen LogP contribution in [0.3, 0.4) is 0 Å². The fraction of sp³-hybridized carbons (Fsp3) is 0.259. The molecule has 0 unspecified atom stereocenters. The van der Waals surface area contributed by atoms with Crippen LogP contribution in [0.5, 0.6) is 5.75 Å². The molecular weight excluding hydrogens is 419 g/mol. The molecule has 1 atom stereocenters. The van der Waals surface area contributed by atoms with Crippen LogP contribution in [0, 0.1) is 12.7 Å². The summed E-state index contributed by atoms with van der Waals surface area (Å²) >= 11 is 0. The molecule has 33 heavy (non-hydrogen) atoms. The average molecular weight is 449 g/mol. The molecule has 0 fully saturated rings. The lowest BCUT2D eigenvalue weighted by atomic mass is 10.0. The zero-order valence-corrected chi connectivity index (χ0v) is 19.0. The molecule has 0 radical (unpaired) electrons. The number of hydrogen-bond acceptors (Lipinski definition) is 3. The van der Waals surface area contributed by atoms with E-state index in [4.69, 9.17) is 4.74 Å². The van der Waals surface area contributed by atoms with E-state index in [-0.39, 0.29) is 30.8 Å². The number of halogens is 1. The van der Waals surface area contributed by atoms with Crippen LogP contribution in [0.2, 0.25) is 0 Å². The van der Waals surface area contributed by atoms with Crippen molar-refractivity contribution < 1.29 is 18.7 Å². The first-order valence-electron chi connectivity index (χ1n) is 11.0. The topological polar surface area (TPSA) is 58.6 Å². The molecule has 3 rings (SSSR count). The summed E-state index contributed by atoms with van der Waals surface area (Å²) in [5.41, 5.74) is 2.75. The Morgan fingerprint density at radius 1 is 0.939 bits per heavy atom. The molecule has 0 bridgehead atoms. The highest BCUT2D eigenvalue weighted by Gasteiger charge is 2.30. The number of benzene rings is 3. The molecule has 0 aliphatic rings. The first kappa shape index (κ1) is 24.0. The number of carbonyl (C=O) groups excluding carboxylic acids is 2. The first-order valence-corrected chi connectivity index (χ1v) is 11.0. The van der Waals surface area contributed by atoms with Gasteiger partial charge < -0.3 is 15.0 Å². The van der Waals surface area contributed by atoms with Crippen molar-refractivity contribution in [2.75, 3.05) is 13.2 Å². The van der Waals surface area contributed by atoms with Gasteiger partial charge in [0.25, 0.3) is 5.91 Å². The van der Waals surface area contributed by atoms with Gasteiger partial charge in [0.1, 0.15) is 17.6 Å². The molecule has 2 amide bonds. The highest BCUT2D eigenvalue weighted by atomic mass is 19.1. The van der Waals surface area contributed by atoms with Crippen LogP contribution < -0.4 is 10.1 Å². The van der Waals surface area contributed by atoms with E-state index < -0.39 is 6.04 Å². The number of rotatable bonds is 10. The van der Waals surface area contributed by atoms with Crippen molar-refractivity contribution in [1.82, 2.24) is 10.2 Å². The predicted molar refractivity (Wildman–Crippen MR) is 126 cm³/mol. The van der Waals surface area contributed by atoms with Crippen molar-refractivity contribution >= 4 is 11.8 Å². The number of carbonyl (C=O) groups is 2. The minimum atomic E-state index is -0.744. The maximum absolute atomic E-state index is 13.4. The lowest BCUT2D eigenvalue weighted by Crippen LogP contribution is -2.51. The highest BCUT2D eigenvalue weighted by Crippen LogP contribution is 2.17. The SMILES string of the molecule is CCNC(=O)[C@H](Cc1ccccc1)N(Cc1ccc(F)cc1)C(=O)COc1ccc(C)cc1. The van der Waals surface area contributed by atoms with Gasteiger partial charge in [0, 0.05) is 19.5 Å². The van der Waals surface area contributed by atoms with Crippen LogP contribution in [0.1, 0.15) is 23.6 Å². The van der Waals surface area contributed by atoms with Crippen molar-refractivity contribution in [3.05, 3.63) is 101 Å². The molecule has 1 N–H and O–H groups in total. The van der Waals surface area contributed by atoms with E-state index in [0.29, 0.717) is 18.7 Å². The third-order valence-electron chi connectivity index (χ3n) is 5.27. The molecule has 0 saturated carbocycles. The average Bonchev–Trinajstić information content (AvgIpc) is 2.82. The Kier molecular flexibility index (Phi) is 8.58. The highest BCUT2D eigenvalue weighted by molar-refractivity contribution is 5.88. The molecule has 0 spiro atoms. The van der Waals surface area contributed by atoms with Gasteiger partial charge in [0.05, 0.1) is 0 Å². The van der Waals surface area contributed by atoms with E-state index in [1.165, 1.54) is 17.0 Å². The van der Waals surface area contributed by atoms with Crippen molar-refractivity contribution in [2.24, 2.45) is 0 Å². The van der Waals surface area contributed by atoms with Crippen LogP contribution in [0.15, 0.2) is 78.9 Å². The standard InChI is InChI=1S/C27H29FN2O3/c1-3-29-27(32)25(17-21-7-5-4-6-8-21)30(18-22-11-13-23(28)14-12-22)26(31)19-33-24-15-9-20(2)10-16-24/h4-16,25H,3,17-19H2,1-2H3,(H,29,32)/t25-/m0/s1. The van der Waals surface area contributed by atoms with E-state index in [9.17, 15) is 14.0 Å². The van der Waals surface area contributed by atoms with Crippen molar-refractivity contribution in [3.8, 4) is 5.75 Å². The van der Waals surface area contributed by atoms with Gasteiger partial charge in [-0.1, -0.05) is 60.2 Å². The summed E-state index contributed by atoms with van der Waals surface area (Å²) in [7, 11) is 0. The lowest BCUT2D eigenvalue weighted by molar-refractivity contribution is -0.142. The second-order valence-corrected chi connectivity index (χ2v) is 7.85. The van der Waals surface area contributed by atoms with Gasteiger partial charge in [-0.05, 0) is 49.2 Å². The summed E-state index contributed by atoms with van der Waals surface area (Å²) in [6.45, 7) is 4.20. The first-order chi connectivity index (χ1) is 16.0. The maximum Gasteiger partial charge on any atom is 0.261 e. The summed E-state index contributed by atoms with van der Waals surface area (Å²) in [4.78, 5) is 27.9. The predicted octanol–water partition coefficient (Wildman–Crippen LogP) is 4.29. The van der Waals surface area contributed by atoms with Gasteiger partial charge in [-0.3, -0.25) is 9.59 Å². The quantitative estimate of drug-likeness (QED) is 0.503. The Morgan fingerprint density at radius 2 is 1.61 bits per heavy atom. The molecule has 5 nitrogen and oxygen atoms in total. The normalized spacial score (nSPS) is 11.5. The molecule has 3 aromatic carbocycles. The van der Waals surface area contributed by atoms with Gasteiger partial charge in [0.15, 0.2) is 6.61 Å². The van der Waals surface area contributed by atoms with E-state index in [1.54, 1.807) is 24.3 Å². The molecule has 0 aliphatic heterocycles. The van der Waals surface area contributed by atoms with Crippen LogP contribution in [0.25, 0.3) is 0 Å². The van der Waals surface area contributed by atoms with Crippen LogP contribution in [-0.2, 0) is 22.6 Å². The smallest absolute Gasteiger partial charge is 0.261 e. The molecule has 3 aromatic rings. The molecular formula is C27H29FN2O3. The fourth-order valence-electron chi connectivity index (χ4n) is 3.49. The largest absolute Gasteiger partial charge is 0.484 e. The number of nitrogens with one attached hydrogen (secondary N) is 1. The van der Waals surface area contributed by atoms with Gasteiger partial charge in [-0.25, -0.2) is 4.39 Å². The van der Waals surface area contributed by atoms with E-state index >= 15 is 0 Å². The van der Waals surface area contributed by atoms with Gasteiger partial charge in [0.2, 0.25) is 5.91 Å². The fourth-order valence-corrected chi connectivity index (χ4v) is 3.49. The van der Waals surface area contributed by atoms with Crippen molar-refractivity contribution in [3.63, 3.8) is 0 Å². The van der Waals surface area contributed by atoms with Crippen LogP contribution in [0.4, 0.5) is 4.39 Å². The molecule has 0 aliphatic carbocycles. The number of ether oxygens (including phenoxy) is 1. The lowest BCUT2D eigenvalue weighted by Gasteiger charge is -2.31. The van der Waals surface area contributed by atoms with Crippen molar-refractivity contribution in [2.45, 2.75) is 32.9 Å². The van der Waals surface area contributed by atoms with E-state index in [2.05, 4.69) is 5.32 Å². The third kappa shape index (κ3) is 7.17. The Morgan fingerprint density at radius 3 is 2.24 bits per heavy atom. The molecule has 6 heteroatoms. The Labute approximate surface area is 194 Å². The Hall–Kier alpha value is -3.67. The molecule has 0 saturated heterocycles. The number of aryl methyl sites for hydroxylation is 1. The zero-order chi connectivity index (χ0) is 23.6. The minimum Gasteiger partial charge on any atom is -0.484 e. The summed E-state index contributed by atoms with van der Waals surface area (Å²) < 4.78 is 19.1. The van der Waals surface area contributed by atoms with Crippen LogP contribution in [-0.4, -0.2) is 35.9 Å². The molecule has 0 aromatic heterocycles. The second-order valence-electron chi connectivity index (χ2n) is 7.85. The minimum absolute atomic E-state index is 0.158. The van der Waals surface area contributed by atoms with E-state index in [1.807, 2.05) is 56.3 Å².